The number of rotatable bonds is 5. The van der Waals surface area contributed by atoms with E-state index in [-0.39, 0.29) is 23.1 Å². The Bertz CT molecular complexity index is 889. The van der Waals surface area contributed by atoms with E-state index >= 15 is 0 Å². The second-order valence-electron chi connectivity index (χ2n) is 6.17. The quantitative estimate of drug-likeness (QED) is 0.589. The molecule has 0 aromatic heterocycles. The highest BCUT2D eigenvalue weighted by Crippen LogP contribution is 2.32. The van der Waals surface area contributed by atoms with E-state index in [2.05, 4.69) is 0 Å². The lowest BCUT2D eigenvalue weighted by Gasteiger charge is -2.33. The van der Waals surface area contributed by atoms with Gasteiger partial charge in [0.2, 0.25) is 0 Å². The Hall–Kier alpha value is -3.34. The number of nitro benzene ring substituents is 1. The predicted octanol–water partition coefficient (Wildman–Crippen LogP) is 3.66. The van der Waals surface area contributed by atoms with Crippen LogP contribution in [0.3, 0.4) is 0 Å². The molecule has 0 bridgehead atoms. The van der Waals surface area contributed by atoms with Crippen molar-refractivity contribution in [3.05, 3.63) is 57.9 Å². The number of hydrogen-bond donors (Lipinski definition) is 0. The highest BCUT2D eigenvalue weighted by atomic mass is 19.1. The van der Waals surface area contributed by atoms with Crippen LogP contribution >= 0.6 is 0 Å². The van der Waals surface area contributed by atoms with E-state index in [4.69, 9.17) is 14.7 Å². The molecule has 1 aliphatic rings. The second-order valence-corrected chi connectivity index (χ2v) is 6.17. The summed E-state index contributed by atoms with van der Waals surface area (Å²) in [6.07, 6.45) is 1.02. The summed E-state index contributed by atoms with van der Waals surface area (Å²) in [5, 5.41) is 20.3. The van der Waals surface area contributed by atoms with Crippen LogP contribution in [0, 0.1) is 27.3 Å². The molecular formula is C19H18FN3O4. The van der Waals surface area contributed by atoms with E-state index in [9.17, 15) is 14.5 Å². The van der Waals surface area contributed by atoms with Gasteiger partial charge in [0.15, 0.2) is 11.6 Å². The molecule has 0 aliphatic carbocycles. The summed E-state index contributed by atoms with van der Waals surface area (Å²) in [6, 6.07) is 10.8. The molecule has 0 N–H and O–H groups in total. The summed E-state index contributed by atoms with van der Waals surface area (Å²) in [4.78, 5) is 12.7. The number of nitriles is 1. The molecule has 1 saturated heterocycles. The van der Waals surface area contributed by atoms with E-state index < -0.39 is 10.7 Å². The van der Waals surface area contributed by atoms with Gasteiger partial charge < -0.3 is 14.4 Å². The average Bonchev–Trinajstić information content (AvgIpc) is 2.69. The molecule has 0 unspecified atom stereocenters. The van der Waals surface area contributed by atoms with Crippen LogP contribution in [0.1, 0.15) is 18.4 Å². The Morgan fingerprint density at radius 1 is 1.26 bits per heavy atom. The highest BCUT2D eigenvalue weighted by molar-refractivity contribution is 5.65. The molecule has 2 aromatic carbocycles. The van der Waals surface area contributed by atoms with Crippen LogP contribution in [0.5, 0.6) is 11.5 Å². The summed E-state index contributed by atoms with van der Waals surface area (Å²) < 4.78 is 24.8. The number of benzene rings is 2. The molecule has 8 heteroatoms. The first-order chi connectivity index (χ1) is 13.0. The maximum Gasteiger partial charge on any atom is 0.293 e. The molecule has 0 saturated carbocycles. The molecule has 140 valence electrons. The van der Waals surface area contributed by atoms with Crippen molar-refractivity contribution in [3.63, 3.8) is 0 Å². The fourth-order valence-electron chi connectivity index (χ4n) is 3.10. The van der Waals surface area contributed by atoms with Gasteiger partial charge in [0.05, 0.1) is 23.7 Å². The number of nitrogens with zero attached hydrogens (tertiary/aromatic N) is 3. The Balaban J connectivity index is 1.67. The fraction of sp³-hybridized carbons (Fsp3) is 0.316. The van der Waals surface area contributed by atoms with Gasteiger partial charge in [-0.2, -0.15) is 5.26 Å². The molecule has 0 atom stereocenters. The Kier molecular flexibility index (Phi) is 5.41. The summed E-state index contributed by atoms with van der Waals surface area (Å²) >= 11 is 0. The molecule has 1 fully saturated rings. The SMILES string of the molecule is COc1ccc(OC2CCN(c3ccc(C#N)cc3[N+](=O)[O-])CC2)c(F)c1. The first-order valence-electron chi connectivity index (χ1n) is 8.45. The van der Waals surface area contributed by atoms with E-state index in [0.717, 1.165) is 0 Å². The smallest absolute Gasteiger partial charge is 0.293 e. The van der Waals surface area contributed by atoms with Crippen LogP contribution in [0.25, 0.3) is 0 Å². The lowest BCUT2D eigenvalue weighted by molar-refractivity contribution is -0.384. The highest BCUT2D eigenvalue weighted by Gasteiger charge is 2.26. The van der Waals surface area contributed by atoms with E-state index in [1.807, 2.05) is 11.0 Å². The average molecular weight is 371 g/mol. The fourth-order valence-corrected chi connectivity index (χ4v) is 3.10. The van der Waals surface area contributed by atoms with E-state index in [1.54, 1.807) is 18.2 Å². The molecule has 2 aromatic rings. The molecule has 1 aliphatic heterocycles. The number of methoxy groups -OCH3 is 1. The normalized spacial score (nSPS) is 14.5. The zero-order valence-corrected chi connectivity index (χ0v) is 14.7. The summed E-state index contributed by atoms with van der Waals surface area (Å²) in [5.74, 6) is 0.0981. The third-order valence-corrected chi connectivity index (χ3v) is 4.52. The molecule has 0 radical (unpaired) electrons. The topological polar surface area (TPSA) is 88.6 Å². The van der Waals surface area contributed by atoms with Gasteiger partial charge in [-0.05, 0) is 24.3 Å². The number of hydrogen-bond acceptors (Lipinski definition) is 6. The first-order valence-corrected chi connectivity index (χ1v) is 8.45. The molecule has 27 heavy (non-hydrogen) atoms. The predicted molar refractivity (Wildman–Crippen MR) is 96.6 cm³/mol. The number of anilines is 1. The lowest BCUT2D eigenvalue weighted by Crippen LogP contribution is -2.38. The monoisotopic (exact) mass is 371 g/mol. The van der Waals surface area contributed by atoms with Crippen molar-refractivity contribution in [1.29, 1.82) is 5.26 Å². The van der Waals surface area contributed by atoms with Crippen molar-refractivity contribution < 1.29 is 18.8 Å². The van der Waals surface area contributed by atoms with Crippen molar-refractivity contribution in [2.24, 2.45) is 0 Å². The largest absolute Gasteiger partial charge is 0.497 e. The van der Waals surface area contributed by atoms with Crippen molar-refractivity contribution >= 4 is 11.4 Å². The van der Waals surface area contributed by atoms with Crippen molar-refractivity contribution in [2.45, 2.75) is 18.9 Å². The van der Waals surface area contributed by atoms with Crippen molar-refractivity contribution in [3.8, 4) is 17.6 Å². The Morgan fingerprint density at radius 3 is 2.59 bits per heavy atom. The van der Waals surface area contributed by atoms with Gasteiger partial charge in [0.25, 0.3) is 5.69 Å². The summed E-state index contributed by atoms with van der Waals surface area (Å²) in [7, 11) is 1.47. The first kappa shape index (κ1) is 18.5. The Morgan fingerprint density at radius 2 is 2.00 bits per heavy atom. The van der Waals surface area contributed by atoms with Gasteiger partial charge in [-0.15, -0.1) is 0 Å². The van der Waals surface area contributed by atoms with Gasteiger partial charge in [0.1, 0.15) is 17.5 Å². The minimum atomic E-state index is -0.487. The van der Waals surface area contributed by atoms with Gasteiger partial charge >= 0.3 is 0 Å². The van der Waals surface area contributed by atoms with Gasteiger partial charge in [-0.1, -0.05) is 0 Å². The minimum absolute atomic E-state index is 0.0883. The third-order valence-electron chi connectivity index (χ3n) is 4.52. The zero-order chi connectivity index (χ0) is 19.4. The third kappa shape index (κ3) is 4.08. The van der Waals surface area contributed by atoms with Crippen LogP contribution in [-0.4, -0.2) is 31.2 Å². The van der Waals surface area contributed by atoms with Gasteiger partial charge in [0, 0.05) is 38.1 Å². The molecule has 3 rings (SSSR count). The second kappa shape index (κ2) is 7.91. The summed E-state index contributed by atoms with van der Waals surface area (Å²) in [6.45, 7) is 1.07. The molecular weight excluding hydrogens is 353 g/mol. The van der Waals surface area contributed by atoms with Crippen molar-refractivity contribution in [2.75, 3.05) is 25.1 Å². The van der Waals surface area contributed by atoms with Crippen LogP contribution in [0.4, 0.5) is 15.8 Å². The molecule has 0 amide bonds. The number of piperidine rings is 1. The molecule has 1 heterocycles. The molecule has 0 spiro atoms. The van der Waals surface area contributed by atoms with Crippen LogP contribution < -0.4 is 14.4 Å². The number of halogens is 1. The number of ether oxygens (including phenoxy) is 2. The minimum Gasteiger partial charge on any atom is -0.497 e. The van der Waals surface area contributed by atoms with Gasteiger partial charge in [-0.25, -0.2) is 4.39 Å². The number of nitro groups is 1. The summed E-state index contributed by atoms with van der Waals surface area (Å²) in [5.41, 5.74) is 0.640. The van der Waals surface area contributed by atoms with E-state index in [0.29, 0.717) is 37.4 Å². The van der Waals surface area contributed by atoms with Gasteiger partial charge in [-0.3, -0.25) is 10.1 Å². The zero-order valence-electron chi connectivity index (χ0n) is 14.7. The van der Waals surface area contributed by atoms with Crippen LogP contribution in [0.2, 0.25) is 0 Å². The standard InChI is InChI=1S/C19H18FN3O4/c1-26-15-3-5-19(16(20)11-15)27-14-6-8-22(9-7-14)17-4-2-13(12-21)10-18(17)23(24)25/h2-5,10-11,14H,6-9H2,1H3. The lowest BCUT2D eigenvalue weighted by atomic mass is 10.1. The van der Waals surface area contributed by atoms with E-state index in [1.165, 1.54) is 25.3 Å². The Labute approximate surface area is 155 Å². The van der Waals surface area contributed by atoms with Crippen molar-refractivity contribution in [1.82, 2.24) is 0 Å². The van der Waals surface area contributed by atoms with Crippen LogP contribution in [-0.2, 0) is 0 Å². The van der Waals surface area contributed by atoms with Crippen LogP contribution in [0.15, 0.2) is 36.4 Å². The molecule has 7 nitrogen and oxygen atoms in total. The maximum atomic E-state index is 14.0. The maximum absolute atomic E-state index is 14.0.